The second-order valence-electron chi connectivity index (χ2n) is 6.04. The van der Waals surface area contributed by atoms with Crippen LogP contribution in [0, 0.1) is 5.41 Å². The van der Waals surface area contributed by atoms with Crippen LogP contribution < -0.4 is 4.74 Å². The Morgan fingerprint density at radius 1 is 1.40 bits per heavy atom. The maximum absolute atomic E-state index is 6.31. The minimum atomic E-state index is -0.110. The van der Waals surface area contributed by atoms with Crippen molar-refractivity contribution in [2.24, 2.45) is 5.41 Å². The zero-order valence-corrected chi connectivity index (χ0v) is 13.7. The van der Waals surface area contributed by atoms with E-state index in [1.807, 2.05) is 19.1 Å². The first-order chi connectivity index (χ1) is 9.38. The molecule has 0 bridgehead atoms. The third-order valence-corrected chi connectivity index (χ3v) is 4.08. The number of imidazole rings is 1. The SMILES string of the molecule is CCC(C)(C)Cn1c(C(C)Cl)nc2cc(OC)ccc21. The topological polar surface area (TPSA) is 27.1 Å². The van der Waals surface area contributed by atoms with Crippen LogP contribution in [0.3, 0.4) is 0 Å². The molecule has 0 fully saturated rings. The number of aromatic nitrogens is 2. The highest BCUT2D eigenvalue weighted by molar-refractivity contribution is 6.20. The van der Waals surface area contributed by atoms with Gasteiger partial charge in [0.05, 0.1) is 23.5 Å². The maximum atomic E-state index is 6.31. The van der Waals surface area contributed by atoms with Gasteiger partial charge in [-0.3, -0.25) is 0 Å². The Labute approximate surface area is 125 Å². The van der Waals surface area contributed by atoms with E-state index in [0.717, 1.165) is 35.6 Å². The predicted octanol–water partition coefficient (Wildman–Crippen LogP) is 4.78. The van der Waals surface area contributed by atoms with Gasteiger partial charge in [0.25, 0.3) is 0 Å². The highest BCUT2D eigenvalue weighted by Gasteiger charge is 2.22. The Balaban J connectivity index is 2.57. The van der Waals surface area contributed by atoms with Crippen molar-refractivity contribution in [3.63, 3.8) is 0 Å². The molecule has 1 aromatic carbocycles. The van der Waals surface area contributed by atoms with Crippen LogP contribution in [0.2, 0.25) is 0 Å². The molecule has 1 aromatic heterocycles. The van der Waals surface area contributed by atoms with Crippen LogP contribution in [0.4, 0.5) is 0 Å². The second kappa shape index (κ2) is 5.65. The summed E-state index contributed by atoms with van der Waals surface area (Å²) in [6.45, 7) is 9.64. The van der Waals surface area contributed by atoms with Crippen LogP contribution in [0.5, 0.6) is 5.75 Å². The van der Waals surface area contributed by atoms with Gasteiger partial charge in [-0.05, 0) is 30.9 Å². The van der Waals surface area contributed by atoms with E-state index in [2.05, 4.69) is 31.4 Å². The molecule has 0 spiro atoms. The molecule has 0 amide bonds. The van der Waals surface area contributed by atoms with E-state index < -0.39 is 0 Å². The van der Waals surface area contributed by atoms with E-state index in [4.69, 9.17) is 21.3 Å². The summed E-state index contributed by atoms with van der Waals surface area (Å²) in [6, 6.07) is 6.01. The van der Waals surface area contributed by atoms with Crippen LogP contribution in [0.1, 0.15) is 45.3 Å². The molecule has 20 heavy (non-hydrogen) atoms. The first-order valence-electron chi connectivity index (χ1n) is 7.06. The molecule has 0 aliphatic rings. The zero-order valence-electron chi connectivity index (χ0n) is 12.9. The summed E-state index contributed by atoms with van der Waals surface area (Å²) >= 11 is 6.31. The van der Waals surface area contributed by atoms with Crippen molar-refractivity contribution in [3.8, 4) is 5.75 Å². The first kappa shape index (κ1) is 15.2. The lowest BCUT2D eigenvalue weighted by Gasteiger charge is -2.25. The fraction of sp³-hybridized carbons (Fsp3) is 0.562. The normalized spacial score (nSPS) is 13.7. The Kier molecular flexibility index (Phi) is 4.28. The molecular weight excluding hydrogens is 272 g/mol. The van der Waals surface area contributed by atoms with Gasteiger partial charge in [-0.25, -0.2) is 4.98 Å². The number of nitrogens with zero attached hydrogens (tertiary/aromatic N) is 2. The summed E-state index contributed by atoms with van der Waals surface area (Å²) < 4.78 is 7.52. The van der Waals surface area contributed by atoms with E-state index in [1.165, 1.54) is 0 Å². The highest BCUT2D eigenvalue weighted by atomic mass is 35.5. The third-order valence-electron chi connectivity index (χ3n) is 3.88. The van der Waals surface area contributed by atoms with Crippen LogP contribution >= 0.6 is 11.6 Å². The molecule has 110 valence electrons. The molecule has 1 heterocycles. The van der Waals surface area contributed by atoms with Gasteiger partial charge in [0.1, 0.15) is 11.6 Å². The van der Waals surface area contributed by atoms with E-state index in [0.29, 0.717) is 0 Å². The number of alkyl halides is 1. The summed E-state index contributed by atoms with van der Waals surface area (Å²) in [7, 11) is 1.67. The lowest BCUT2D eigenvalue weighted by molar-refractivity contribution is 0.294. The third kappa shape index (κ3) is 2.93. The Bertz CT molecular complexity index is 602. The largest absolute Gasteiger partial charge is 0.497 e. The first-order valence-corrected chi connectivity index (χ1v) is 7.50. The summed E-state index contributed by atoms with van der Waals surface area (Å²) in [5, 5.41) is -0.110. The van der Waals surface area contributed by atoms with Crippen molar-refractivity contribution >= 4 is 22.6 Å². The predicted molar refractivity (Wildman–Crippen MR) is 84.6 cm³/mol. The number of benzene rings is 1. The molecule has 1 unspecified atom stereocenters. The van der Waals surface area contributed by atoms with Crippen LogP contribution in [0.25, 0.3) is 11.0 Å². The number of hydrogen-bond donors (Lipinski definition) is 0. The lowest BCUT2D eigenvalue weighted by atomic mass is 9.90. The van der Waals surface area contributed by atoms with Gasteiger partial charge in [0.15, 0.2) is 0 Å². The van der Waals surface area contributed by atoms with Gasteiger partial charge >= 0.3 is 0 Å². The van der Waals surface area contributed by atoms with E-state index in [1.54, 1.807) is 7.11 Å². The van der Waals surface area contributed by atoms with Gasteiger partial charge in [0.2, 0.25) is 0 Å². The Morgan fingerprint density at radius 2 is 2.10 bits per heavy atom. The van der Waals surface area contributed by atoms with Gasteiger partial charge in [0, 0.05) is 12.6 Å². The molecule has 0 saturated carbocycles. The summed E-state index contributed by atoms with van der Waals surface area (Å²) in [4.78, 5) is 4.69. The average Bonchev–Trinajstić information content (AvgIpc) is 2.76. The summed E-state index contributed by atoms with van der Waals surface area (Å²) in [6.07, 6.45) is 1.11. The van der Waals surface area contributed by atoms with Gasteiger partial charge < -0.3 is 9.30 Å². The maximum Gasteiger partial charge on any atom is 0.127 e. The number of methoxy groups -OCH3 is 1. The monoisotopic (exact) mass is 294 g/mol. The van der Waals surface area contributed by atoms with Crippen LogP contribution in [-0.4, -0.2) is 16.7 Å². The average molecular weight is 295 g/mol. The van der Waals surface area contributed by atoms with E-state index in [-0.39, 0.29) is 10.8 Å². The van der Waals surface area contributed by atoms with Gasteiger partial charge in [-0.2, -0.15) is 0 Å². The molecule has 2 rings (SSSR count). The second-order valence-corrected chi connectivity index (χ2v) is 6.70. The number of fused-ring (bicyclic) bond motifs is 1. The fourth-order valence-corrected chi connectivity index (χ4v) is 2.43. The summed E-state index contributed by atoms with van der Waals surface area (Å²) in [5.41, 5.74) is 2.28. The molecule has 0 N–H and O–H groups in total. The lowest BCUT2D eigenvalue weighted by Crippen LogP contribution is -2.20. The number of ether oxygens (including phenoxy) is 1. The van der Waals surface area contributed by atoms with Gasteiger partial charge in [-0.15, -0.1) is 11.6 Å². The molecule has 0 aliphatic carbocycles. The van der Waals surface area contributed by atoms with Crippen molar-refractivity contribution in [2.75, 3.05) is 7.11 Å². The van der Waals surface area contributed by atoms with Crippen molar-refractivity contribution in [1.29, 1.82) is 0 Å². The van der Waals surface area contributed by atoms with Crippen LogP contribution in [-0.2, 0) is 6.54 Å². The Morgan fingerprint density at radius 3 is 2.65 bits per heavy atom. The van der Waals surface area contributed by atoms with Crippen molar-refractivity contribution in [2.45, 2.75) is 46.0 Å². The van der Waals surface area contributed by atoms with Crippen molar-refractivity contribution in [3.05, 3.63) is 24.0 Å². The molecule has 0 aliphatic heterocycles. The molecule has 3 nitrogen and oxygen atoms in total. The van der Waals surface area contributed by atoms with Crippen LogP contribution in [0.15, 0.2) is 18.2 Å². The van der Waals surface area contributed by atoms with E-state index >= 15 is 0 Å². The molecule has 1 atom stereocenters. The smallest absolute Gasteiger partial charge is 0.127 e. The summed E-state index contributed by atoms with van der Waals surface area (Å²) in [5.74, 6) is 1.75. The van der Waals surface area contributed by atoms with Crippen molar-refractivity contribution < 1.29 is 4.74 Å². The Hall–Kier alpha value is -1.22. The quantitative estimate of drug-likeness (QED) is 0.742. The molecule has 2 aromatic rings. The van der Waals surface area contributed by atoms with E-state index in [9.17, 15) is 0 Å². The highest BCUT2D eigenvalue weighted by Crippen LogP contribution is 2.31. The minimum absolute atomic E-state index is 0.110. The molecule has 0 radical (unpaired) electrons. The minimum Gasteiger partial charge on any atom is -0.497 e. The molecule has 4 heteroatoms. The van der Waals surface area contributed by atoms with Gasteiger partial charge in [-0.1, -0.05) is 20.8 Å². The zero-order chi connectivity index (χ0) is 14.9. The fourth-order valence-electron chi connectivity index (χ4n) is 2.26. The number of halogens is 1. The molecule has 0 saturated heterocycles. The number of rotatable bonds is 5. The van der Waals surface area contributed by atoms with Crippen molar-refractivity contribution in [1.82, 2.24) is 9.55 Å². The standard InChI is InChI=1S/C16H23ClN2O/c1-6-16(3,4)10-19-14-8-7-12(20-5)9-13(14)18-15(19)11(2)17/h7-9,11H,6,10H2,1-5H3. The molecular formula is C16H23ClN2O. The number of hydrogen-bond acceptors (Lipinski definition) is 2.